The van der Waals surface area contributed by atoms with Gasteiger partial charge in [0, 0.05) is 30.7 Å². The highest BCUT2D eigenvalue weighted by Crippen LogP contribution is 2.23. The van der Waals surface area contributed by atoms with Crippen LogP contribution in [0.2, 0.25) is 5.02 Å². The lowest BCUT2D eigenvalue weighted by molar-refractivity contribution is 0.140. The summed E-state index contributed by atoms with van der Waals surface area (Å²) in [5, 5.41) is 5.70. The van der Waals surface area contributed by atoms with Gasteiger partial charge in [-0.05, 0) is 31.5 Å². The fourth-order valence-electron chi connectivity index (χ4n) is 2.64. The van der Waals surface area contributed by atoms with E-state index in [0.29, 0.717) is 58.3 Å². The van der Waals surface area contributed by atoms with Crippen LogP contribution in [0.25, 0.3) is 10.9 Å². The normalized spacial score (nSPS) is 11.6. The topological polar surface area (TPSA) is 83.0 Å². The van der Waals surface area contributed by atoms with Gasteiger partial charge in [-0.15, -0.1) is 0 Å². The van der Waals surface area contributed by atoms with E-state index in [0.717, 1.165) is 6.42 Å². The van der Waals surface area contributed by atoms with E-state index in [4.69, 9.17) is 20.9 Å². The van der Waals surface area contributed by atoms with E-state index in [-0.39, 0.29) is 11.5 Å². The summed E-state index contributed by atoms with van der Waals surface area (Å²) in [6.07, 6.45) is 0.724. The lowest BCUT2D eigenvalue weighted by atomic mass is 10.2. The maximum Gasteiger partial charge on any atom is 0.262 e. The molecule has 2 aromatic heterocycles. The second-order valence-corrected chi connectivity index (χ2v) is 7.93. The lowest BCUT2D eigenvalue weighted by Crippen LogP contribution is -2.24. The summed E-state index contributed by atoms with van der Waals surface area (Å²) < 4.78 is 12.3. The Bertz CT molecular complexity index is 1000. The summed E-state index contributed by atoms with van der Waals surface area (Å²) in [6.45, 7) is 7.71. The molecule has 3 aromatic rings. The molecule has 0 bridgehead atoms. The smallest absolute Gasteiger partial charge is 0.262 e. The van der Waals surface area contributed by atoms with Gasteiger partial charge in [0.15, 0.2) is 11.0 Å². The Morgan fingerprint density at radius 1 is 1.32 bits per heavy atom. The number of thioether (sulfide) groups is 1. The van der Waals surface area contributed by atoms with Crippen molar-refractivity contribution in [2.45, 2.75) is 50.6 Å². The highest BCUT2D eigenvalue weighted by molar-refractivity contribution is 7.98. The predicted octanol–water partition coefficient (Wildman–Crippen LogP) is 4.28. The highest BCUT2D eigenvalue weighted by Gasteiger charge is 2.15. The minimum absolute atomic E-state index is 0.0864. The summed E-state index contributed by atoms with van der Waals surface area (Å²) in [4.78, 5) is 22.1. The molecule has 0 N–H and O–H groups in total. The van der Waals surface area contributed by atoms with Crippen molar-refractivity contribution in [3.63, 3.8) is 0 Å². The minimum atomic E-state index is -0.0864. The van der Waals surface area contributed by atoms with E-state index in [1.807, 2.05) is 20.8 Å². The molecule has 0 unspecified atom stereocenters. The van der Waals surface area contributed by atoms with Crippen molar-refractivity contribution in [2.24, 2.45) is 0 Å². The second-order valence-electron chi connectivity index (χ2n) is 6.56. The zero-order chi connectivity index (χ0) is 20.1. The van der Waals surface area contributed by atoms with Crippen molar-refractivity contribution in [1.29, 1.82) is 0 Å². The quantitative estimate of drug-likeness (QED) is 0.289. The molecule has 9 heteroatoms. The zero-order valence-corrected chi connectivity index (χ0v) is 17.7. The third kappa shape index (κ3) is 4.92. The molecule has 0 saturated carbocycles. The summed E-state index contributed by atoms with van der Waals surface area (Å²) >= 11 is 7.49. The largest absolute Gasteiger partial charge is 0.382 e. The van der Waals surface area contributed by atoms with Crippen LogP contribution in [0.3, 0.4) is 0 Å². The molecule has 150 valence electrons. The highest BCUT2D eigenvalue weighted by atomic mass is 35.5. The number of nitrogens with zero attached hydrogens (tertiary/aromatic N) is 4. The maximum absolute atomic E-state index is 13.0. The number of aromatic nitrogens is 4. The minimum Gasteiger partial charge on any atom is -0.382 e. The molecule has 2 heterocycles. The number of hydrogen-bond donors (Lipinski definition) is 0. The van der Waals surface area contributed by atoms with Crippen molar-refractivity contribution in [3.8, 4) is 0 Å². The first-order valence-electron chi connectivity index (χ1n) is 9.22. The molecule has 3 rings (SSSR count). The Balaban J connectivity index is 1.89. The van der Waals surface area contributed by atoms with Gasteiger partial charge < -0.3 is 9.26 Å². The van der Waals surface area contributed by atoms with Crippen LogP contribution in [0.4, 0.5) is 0 Å². The van der Waals surface area contributed by atoms with Gasteiger partial charge in [-0.3, -0.25) is 9.36 Å². The number of benzene rings is 1. The van der Waals surface area contributed by atoms with Gasteiger partial charge in [-0.1, -0.05) is 42.4 Å². The van der Waals surface area contributed by atoms with Crippen LogP contribution in [-0.2, 0) is 17.0 Å². The first-order valence-corrected chi connectivity index (χ1v) is 10.6. The van der Waals surface area contributed by atoms with Gasteiger partial charge in [0.2, 0.25) is 5.89 Å². The molecule has 0 radical (unpaired) electrons. The molecule has 0 spiro atoms. The van der Waals surface area contributed by atoms with E-state index in [9.17, 15) is 4.79 Å². The Kier molecular flexibility index (Phi) is 7.09. The van der Waals surface area contributed by atoms with Crippen LogP contribution in [0, 0.1) is 0 Å². The Hall–Kier alpha value is -1.90. The Morgan fingerprint density at radius 3 is 2.86 bits per heavy atom. The van der Waals surface area contributed by atoms with Crippen LogP contribution in [-0.4, -0.2) is 32.9 Å². The molecule has 0 aliphatic carbocycles. The first-order chi connectivity index (χ1) is 13.5. The first kappa shape index (κ1) is 20.8. The molecular formula is C19H23ClN4O3S. The van der Waals surface area contributed by atoms with Crippen LogP contribution < -0.4 is 5.56 Å². The predicted molar refractivity (Wildman–Crippen MR) is 110 cm³/mol. The fraction of sp³-hybridized carbons (Fsp3) is 0.474. The fourth-order valence-corrected chi connectivity index (χ4v) is 3.67. The summed E-state index contributed by atoms with van der Waals surface area (Å²) in [6, 6.07) is 5.13. The second kappa shape index (κ2) is 9.54. The molecule has 0 amide bonds. The summed E-state index contributed by atoms with van der Waals surface area (Å²) in [7, 11) is 0. The van der Waals surface area contributed by atoms with E-state index >= 15 is 0 Å². The molecule has 0 saturated heterocycles. The van der Waals surface area contributed by atoms with Crippen molar-refractivity contribution in [3.05, 3.63) is 45.3 Å². The van der Waals surface area contributed by atoms with Gasteiger partial charge in [0.1, 0.15) is 0 Å². The Morgan fingerprint density at radius 2 is 2.14 bits per heavy atom. The maximum atomic E-state index is 13.0. The average Bonchev–Trinajstić information content (AvgIpc) is 3.14. The molecule has 0 atom stereocenters. The lowest BCUT2D eigenvalue weighted by Gasteiger charge is -2.12. The average molecular weight is 423 g/mol. The number of ether oxygens (including phenoxy) is 1. The third-order valence-electron chi connectivity index (χ3n) is 4.06. The van der Waals surface area contributed by atoms with Crippen LogP contribution >= 0.6 is 23.4 Å². The van der Waals surface area contributed by atoms with E-state index in [2.05, 4.69) is 15.1 Å². The molecule has 0 fully saturated rings. The number of fused-ring (bicyclic) bond motifs is 1. The molecule has 28 heavy (non-hydrogen) atoms. The van der Waals surface area contributed by atoms with Gasteiger partial charge in [-0.2, -0.15) is 4.98 Å². The number of hydrogen-bond acceptors (Lipinski definition) is 7. The SMILES string of the molecule is CCOCCCn1c(SCc2noc(C(C)C)n2)nc2cc(Cl)ccc2c1=O. The zero-order valence-electron chi connectivity index (χ0n) is 16.1. The van der Waals surface area contributed by atoms with Gasteiger partial charge >= 0.3 is 0 Å². The van der Waals surface area contributed by atoms with E-state index in [1.54, 1.807) is 22.8 Å². The van der Waals surface area contributed by atoms with Crippen LogP contribution in [0.5, 0.6) is 0 Å². The summed E-state index contributed by atoms with van der Waals surface area (Å²) in [5.74, 6) is 1.81. The molecule has 0 aliphatic rings. The molecule has 1 aromatic carbocycles. The standard InChI is InChI=1S/C19H23ClN4O3S/c1-4-26-9-5-8-24-18(25)14-7-6-13(20)10-15(14)21-19(24)28-11-16-22-17(12(2)3)27-23-16/h6-7,10,12H,4-5,8-9,11H2,1-3H3. The monoisotopic (exact) mass is 422 g/mol. The molecular weight excluding hydrogens is 400 g/mol. The summed E-state index contributed by atoms with van der Waals surface area (Å²) in [5.41, 5.74) is 0.494. The van der Waals surface area contributed by atoms with Crippen LogP contribution in [0.1, 0.15) is 44.8 Å². The van der Waals surface area contributed by atoms with Gasteiger partial charge in [-0.25, -0.2) is 4.98 Å². The van der Waals surface area contributed by atoms with Crippen molar-refractivity contribution >= 4 is 34.3 Å². The van der Waals surface area contributed by atoms with Crippen molar-refractivity contribution < 1.29 is 9.26 Å². The molecule has 7 nitrogen and oxygen atoms in total. The number of rotatable bonds is 9. The van der Waals surface area contributed by atoms with E-state index in [1.165, 1.54) is 11.8 Å². The van der Waals surface area contributed by atoms with Gasteiger partial charge in [0.25, 0.3) is 5.56 Å². The van der Waals surface area contributed by atoms with Crippen LogP contribution in [0.15, 0.2) is 32.7 Å². The number of halogens is 1. The van der Waals surface area contributed by atoms with Gasteiger partial charge in [0.05, 0.1) is 16.7 Å². The van der Waals surface area contributed by atoms with Crippen molar-refractivity contribution in [1.82, 2.24) is 19.7 Å². The Labute approximate surface area is 172 Å². The molecule has 0 aliphatic heterocycles. The van der Waals surface area contributed by atoms with Crippen molar-refractivity contribution in [2.75, 3.05) is 13.2 Å². The van der Waals surface area contributed by atoms with E-state index < -0.39 is 0 Å². The third-order valence-corrected chi connectivity index (χ3v) is 5.27.